The normalized spacial score (nSPS) is 10.1. The summed E-state index contributed by atoms with van der Waals surface area (Å²) in [5.74, 6) is 0.767. The van der Waals surface area contributed by atoms with Gasteiger partial charge in [-0.2, -0.15) is 0 Å². The molecule has 0 saturated heterocycles. The first-order valence-electron chi connectivity index (χ1n) is 5.43. The number of halogens is 1. The van der Waals surface area contributed by atoms with Crippen LogP contribution < -0.4 is 9.47 Å². The number of phenols is 1. The molecule has 0 aliphatic carbocycles. The van der Waals surface area contributed by atoms with Gasteiger partial charge < -0.3 is 14.6 Å². The molecule has 3 nitrogen and oxygen atoms in total. The Morgan fingerprint density at radius 1 is 1.17 bits per heavy atom. The van der Waals surface area contributed by atoms with Crippen molar-refractivity contribution in [3.63, 3.8) is 0 Å². The molecule has 0 unspecified atom stereocenters. The molecule has 94 valence electrons. The predicted octanol–water partition coefficient (Wildman–Crippen LogP) is 3.12. The van der Waals surface area contributed by atoms with Crippen LogP contribution in [0.2, 0.25) is 0 Å². The van der Waals surface area contributed by atoms with E-state index in [1.54, 1.807) is 24.3 Å². The van der Waals surface area contributed by atoms with Crippen LogP contribution in [-0.2, 0) is 6.61 Å². The van der Waals surface area contributed by atoms with Crippen LogP contribution in [0.1, 0.15) is 5.56 Å². The summed E-state index contributed by atoms with van der Waals surface area (Å²) in [6, 6.07) is 10.7. The standard InChI is InChI=1S/C14H13FO3/c1-17-14-8-12(16)6-5-10(14)9-18-13-4-2-3-11(15)7-13/h2-8,16H,9H2,1H3. The molecule has 0 heterocycles. The van der Waals surface area contributed by atoms with Crippen molar-refractivity contribution in [2.24, 2.45) is 0 Å². The summed E-state index contributed by atoms with van der Waals surface area (Å²) in [5.41, 5.74) is 0.777. The average Bonchev–Trinajstić information content (AvgIpc) is 2.37. The summed E-state index contributed by atoms with van der Waals surface area (Å²) in [6.07, 6.45) is 0. The van der Waals surface area contributed by atoms with Crippen molar-refractivity contribution < 1.29 is 19.0 Å². The van der Waals surface area contributed by atoms with Gasteiger partial charge in [-0.3, -0.25) is 0 Å². The third-order valence-electron chi connectivity index (χ3n) is 2.46. The van der Waals surface area contributed by atoms with Crippen molar-refractivity contribution >= 4 is 0 Å². The van der Waals surface area contributed by atoms with Crippen molar-refractivity contribution in [2.75, 3.05) is 7.11 Å². The second-order valence-electron chi connectivity index (χ2n) is 3.74. The average molecular weight is 248 g/mol. The Hall–Kier alpha value is -2.23. The molecular formula is C14H13FO3. The van der Waals surface area contributed by atoms with E-state index in [2.05, 4.69) is 0 Å². The zero-order chi connectivity index (χ0) is 13.0. The van der Waals surface area contributed by atoms with Crippen LogP contribution in [0.5, 0.6) is 17.2 Å². The minimum Gasteiger partial charge on any atom is -0.508 e. The van der Waals surface area contributed by atoms with Crippen molar-refractivity contribution in [1.29, 1.82) is 0 Å². The molecule has 0 aromatic heterocycles. The molecule has 1 N–H and O–H groups in total. The third-order valence-corrected chi connectivity index (χ3v) is 2.46. The summed E-state index contributed by atoms with van der Waals surface area (Å²) < 4.78 is 23.5. The first-order valence-corrected chi connectivity index (χ1v) is 5.43. The first kappa shape index (κ1) is 12.2. The van der Waals surface area contributed by atoms with Gasteiger partial charge in [0.1, 0.15) is 29.7 Å². The summed E-state index contributed by atoms with van der Waals surface area (Å²) in [6.45, 7) is 0.243. The van der Waals surface area contributed by atoms with Crippen molar-refractivity contribution in [1.82, 2.24) is 0 Å². The number of hydrogen-bond acceptors (Lipinski definition) is 3. The number of methoxy groups -OCH3 is 1. The van der Waals surface area contributed by atoms with E-state index in [0.29, 0.717) is 11.5 Å². The Kier molecular flexibility index (Phi) is 3.67. The van der Waals surface area contributed by atoms with Crippen LogP contribution in [0.15, 0.2) is 42.5 Å². The maximum Gasteiger partial charge on any atom is 0.129 e. The fourth-order valence-electron chi connectivity index (χ4n) is 1.57. The topological polar surface area (TPSA) is 38.7 Å². The van der Waals surface area contributed by atoms with E-state index >= 15 is 0 Å². The monoisotopic (exact) mass is 248 g/mol. The van der Waals surface area contributed by atoms with Crippen molar-refractivity contribution in [3.05, 3.63) is 53.8 Å². The zero-order valence-corrected chi connectivity index (χ0v) is 9.89. The second-order valence-corrected chi connectivity index (χ2v) is 3.74. The van der Waals surface area contributed by atoms with Gasteiger partial charge in [0.2, 0.25) is 0 Å². The fraction of sp³-hybridized carbons (Fsp3) is 0.143. The van der Waals surface area contributed by atoms with Gasteiger partial charge >= 0.3 is 0 Å². The van der Waals surface area contributed by atoms with Gasteiger partial charge in [0.25, 0.3) is 0 Å². The number of aromatic hydroxyl groups is 1. The lowest BCUT2D eigenvalue weighted by Gasteiger charge is -2.10. The van der Waals surface area contributed by atoms with Crippen LogP contribution in [0.3, 0.4) is 0 Å². The largest absolute Gasteiger partial charge is 0.508 e. The molecule has 0 aliphatic rings. The predicted molar refractivity (Wildman–Crippen MR) is 65.4 cm³/mol. The Labute approximate surface area is 104 Å². The number of hydrogen-bond donors (Lipinski definition) is 1. The number of rotatable bonds is 4. The van der Waals surface area contributed by atoms with Crippen molar-refractivity contribution in [3.8, 4) is 17.2 Å². The number of phenolic OH excluding ortho intramolecular Hbond substituents is 1. The number of benzene rings is 2. The summed E-state index contributed by atoms with van der Waals surface area (Å²) in [7, 11) is 1.51. The molecule has 0 bridgehead atoms. The third kappa shape index (κ3) is 2.91. The lowest BCUT2D eigenvalue weighted by atomic mass is 10.2. The molecule has 0 fully saturated rings. The highest BCUT2D eigenvalue weighted by molar-refractivity contribution is 5.40. The first-order chi connectivity index (χ1) is 8.69. The van der Waals surface area contributed by atoms with Gasteiger partial charge in [-0.05, 0) is 24.3 Å². The van der Waals surface area contributed by atoms with Gasteiger partial charge in [0, 0.05) is 17.7 Å². The van der Waals surface area contributed by atoms with Gasteiger partial charge in [-0.25, -0.2) is 4.39 Å². The fourth-order valence-corrected chi connectivity index (χ4v) is 1.57. The Morgan fingerprint density at radius 3 is 2.72 bits per heavy atom. The molecule has 0 saturated carbocycles. The van der Waals surface area contributed by atoms with Gasteiger partial charge in [0.05, 0.1) is 7.11 Å². The lowest BCUT2D eigenvalue weighted by Crippen LogP contribution is -1.98. The highest BCUT2D eigenvalue weighted by atomic mass is 19.1. The van der Waals surface area contributed by atoms with Gasteiger partial charge in [-0.15, -0.1) is 0 Å². The minimum atomic E-state index is -0.342. The maximum absolute atomic E-state index is 13.0. The summed E-state index contributed by atoms with van der Waals surface area (Å²) in [4.78, 5) is 0. The molecule has 0 radical (unpaired) electrons. The lowest BCUT2D eigenvalue weighted by molar-refractivity contribution is 0.295. The molecule has 4 heteroatoms. The molecule has 0 aliphatic heterocycles. The van der Waals surface area contributed by atoms with Crippen LogP contribution in [0, 0.1) is 5.82 Å². The Balaban J connectivity index is 2.10. The molecule has 0 amide bonds. The molecule has 0 atom stereocenters. The summed E-state index contributed by atoms with van der Waals surface area (Å²) in [5, 5.41) is 9.32. The van der Waals surface area contributed by atoms with Crippen LogP contribution in [-0.4, -0.2) is 12.2 Å². The van der Waals surface area contributed by atoms with E-state index in [9.17, 15) is 9.50 Å². The maximum atomic E-state index is 13.0. The summed E-state index contributed by atoms with van der Waals surface area (Å²) >= 11 is 0. The Bertz CT molecular complexity index is 540. The van der Waals surface area contributed by atoms with E-state index in [-0.39, 0.29) is 18.2 Å². The van der Waals surface area contributed by atoms with Crippen LogP contribution in [0.25, 0.3) is 0 Å². The van der Waals surface area contributed by atoms with Crippen LogP contribution >= 0.6 is 0 Å². The molecule has 2 aromatic rings. The molecule has 2 rings (SSSR count). The highest BCUT2D eigenvalue weighted by Gasteiger charge is 2.05. The number of ether oxygens (including phenoxy) is 2. The van der Waals surface area contributed by atoms with Gasteiger partial charge in [0.15, 0.2) is 0 Å². The molecule has 0 spiro atoms. The van der Waals surface area contributed by atoms with Crippen LogP contribution in [0.4, 0.5) is 4.39 Å². The van der Waals surface area contributed by atoms with E-state index in [1.807, 2.05) is 0 Å². The van der Waals surface area contributed by atoms with E-state index in [0.717, 1.165) is 5.56 Å². The minimum absolute atomic E-state index is 0.126. The van der Waals surface area contributed by atoms with E-state index < -0.39 is 0 Å². The smallest absolute Gasteiger partial charge is 0.129 e. The highest BCUT2D eigenvalue weighted by Crippen LogP contribution is 2.25. The van der Waals surface area contributed by atoms with E-state index in [4.69, 9.17) is 9.47 Å². The molecule has 18 heavy (non-hydrogen) atoms. The zero-order valence-electron chi connectivity index (χ0n) is 9.89. The SMILES string of the molecule is COc1cc(O)ccc1COc1cccc(F)c1. The van der Waals surface area contributed by atoms with Crippen molar-refractivity contribution in [2.45, 2.75) is 6.61 Å². The molecular weight excluding hydrogens is 235 g/mol. The van der Waals surface area contributed by atoms with E-state index in [1.165, 1.54) is 25.3 Å². The van der Waals surface area contributed by atoms with Gasteiger partial charge in [-0.1, -0.05) is 6.07 Å². The Morgan fingerprint density at radius 2 is 2.00 bits per heavy atom. The second kappa shape index (κ2) is 5.40. The molecule has 2 aromatic carbocycles. The quantitative estimate of drug-likeness (QED) is 0.903.